The molecule has 3 nitrogen and oxygen atoms in total. The van der Waals surface area contributed by atoms with E-state index >= 15 is 0 Å². The molecule has 0 spiro atoms. The fourth-order valence-electron chi connectivity index (χ4n) is 0.578. The Balaban J connectivity index is 3.62. The zero-order valence-electron chi connectivity index (χ0n) is 6.35. The monoisotopic (exact) mass is 140 g/mol. The van der Waals surface area contributed by atoms with E-state index in [1.165, 1.54) is 0 Å². The summed E-state index contributed by atoms with van der Waals surface area (Å²) in [4.78, 5) is 10.9. The van der Waals surface area contributed by atoms with Gasteiger partial charge >= 0.3 is 0 Å². The average Bonchev–Trinajstić information content (AvgIpc) is 1.89. The van der Waals surface area contributed by atoms with Crippen molar-refractivity contribution in [2.75, 3.05) is 6.54 Å². The van der Waals surface area contributed by atoms with Gasteiger partial charge in [0.15, 0.2) is 0 Å². The lowest BCUT2D eigenvalue weighted by Gasteiger charge is -2.05. The highest BCUT2D eigenvalue weighted by atomic mass is 16.1. The molecule has 56 valence electrons. The first kappa shape index (κ1) is 8.96. The van der Waals surface area contributed by atoms with E-state index in [0.717, 1.165) is 0 Å². The van der Waals surface area contributed by atoms with Gasteiger partial charge in [-0.2, -0.15) is 5.26 Å². The molecule has 0 aliphatic rings. The molecule has 0 rings (SSSR count). The molecule has 0 saturated heterocycles. The summed E-state index contributed by atoms with van der Waals surface area (Å²) in [6, 6.07) is 1.95. The Kier molecular flexibility index (Phi) is 4.30. The molecule has 0 aliphatic carbocycles. The maximum Gasteiger partial charge on any atom is 0.223 e. The zero-order chi connectivity index (χ0) is 7.98. The van der Waals surface area contributed by atoms with Crippen molar-refractivity contribution < 1.29 is 4.79 Å². The Bertz CT molecular complexity index is 148. The highest BCUT2D eigenvalue weighted by molar-refractivity contribution is 5.78. The first-order chi connectivity index (χ1) is 4.72. The first-order valence-corrected chi connectivity index (χ1v) is 3.37. The quantitative estimate of drug-likeness (QED) is 0.626. The molecule has 0 aromatic carbocycles. The summed E-state index contributed by atoms with van der Waals surface area (Å²) < 4.78 is 0. The van der Waals surface area contributed by atoms with Gasteiger partial charge in [-0.25, -0.2) is 0 Å². The first-order valence-electron chi connectivity index (χ1n) is 3.37. The van der Waals surface area contributed by atoms with E-state index in [4.69, 9.17) is 5.26 Å². The highest BCUT2D eigenvalue weighted by Crippen LogP contribution is 1.98. The van der Waals surface area contributed by atoms with E-state index < -0.39 is 0 Å². The van der Waals surface area contributed by atoms with Crippen molar-refractivity contribution in [3.8, 4) is 6.07 Å². The number of hydrogen-bond acceptors (Lipinski definition) is 2. The van der Waals surface area contributed by atoms with Crippen molar-refractivity contribution in [3.05, 3.63) is 0 Å². The summed E-state index contributed by atoms with van der Waals surface area (Å²) in [7, 11) is 0. The SMILES string of the molecule is CCNC(=O)C(C)CC#N. The number of carbonyl (C=O) groups is 1. The van der Waals surface area contributed by atoms with Crippen molar-refractivity contribution in [1.29, 1.82) is 5.26 Å². The fourth-order valence-corrected chi connectivity index (χ4v) is 0.578. The van der Waals surface area contributed by atoms with Gasteiger partial charge in [-0.05, 0) is 6.92 Å². The number of nitrogens with zero attached hydrogens (tertiary/aromatic N) is 1. The van der Waals surface area contributed by atoms with Crippen LogP contribution in [0.1, 0.15) is 20.3 Å². The van der Waals surface area contributed by atoms with Gasteiger partial charge in [0.25, 0.3) is 0 Å². The third kappa shape index (κ3) is 3.08. The van der Waals surface area contributed by atoms with E-state index in [1.54, 1.807) is 6.92 Å². The van der Waals surface area contributed by atoms with Crippen molar-refractivity contribution in [2.45, 2.75) is 20.3 Å². The molecule has 0 bridgehead atoms. The number of amides is 1. The second kappa shape index (κ2) is 4.80. The van der Waals surface area contributed by atoms with Crippen LogP contribution in [0.3, 0.4) is 0 Å². The summed E-state index contributed by atoms with van der Waals surface area (Å²) in [5.74, 6) is -0.214. The number of rotatable bonds is 3. The maximum atomic E-state index is 10.9. The van der Waals surface area contributed by atoms with Crippen molar-refractivity contribution in [1.82, 2.24) is 5.32 Å². The molecule has 0 aromatic heterocycles. The minimum Gasteiger partial charge on any atom is -0.356 e. The molecular weight excluding hydrogens is 128 g/mol. The molecule has 10 heavy (non-hydrogen) atoms. The van der Waals surface area contributed by atoms with E-state index in [9.17, 15) is 4.79 Å². The summed E-state index contributed by atoms with van der Waals surface area (Å²) in [6.45, 7) is 4.24. The van der Waals surface area contributed by atoms with Crippen molar-refractivity contribution in [2.24, 2.45) is 5.92 Å². The van der Waals surface area contributed by atoms with Crippen LogP contribution in [-0.2, 0) is 4.79 Å². The van der Waals surface area contributed by atoms with Gasteiger partial charge in [-0.3, -0.25) is 4.79 Å². The molecule has 0 aliphatic heterocycles. The normalized spacial score (nSPS) is 11.7. The fraction of sp³-hybridized carbons (Fsp3) is 0.714. The minimum absolute atomic E-state index is 0.0379. The van der Waals surface area contributed by atoms with Crippen molar-refractivity contribution >= 4 is 5.91 Å². The number of nitrogens with one attached hydrogen (secondary N) is 1. The average molecular weight is 140 g/mol. The molecule has 1 unspecified atom stereocenters. The van der Waals surface area contributed by atoms with Gasteiger partial charge in [-0.15, -0.1) is 0 Å². The number of carbonyl (C=O) groups excluding carboxylic acids is 1. The van der Waals surface area contributed by atoms with Gasteiger partial charge in [-0.1, -0.05) is 6.92 Å². The van der Waals surface area contributed by atoms with Gasteiger partial charge in [0, 0.05) is 18.9 Å². The zero-order valence-corrected chi connectivity index (χ0v) is 6.35. The Morgan fingerprint density at radius 3 is 2.80 bits per heavy atom. The maximum absolute atomic E-state index is 10.9. The van der Waals surface area contributed by atoms with Crippen LogP contribution < -0.4 is 5.32 Å². The van der Waals surface area contributed by atoms with Gasteiger partial charge < -0.3 is 5.32 Å². The van der Waals surface area contributed by atoms with Crippen LogP contribution in [0.15, 0.2) is 0 Å². The largest absolute Gasteiger partial charge is 0.356 e. The van der Waals surface area contributed by atoms with Crippen LogP contribution in [0.4, 0.5) is 0 Å². The molecule has 0 aromatic rings. The summed E-state index contributed by atoms with van der Waals surface area (Å²) in [5, 5.41) is 10.9. The van der Waals surface area contributed by atoms with Crippen LogP contribution in [-0.4, -0.2) is 12.5 Å². The second-order valence-corrected chi connectivity index (χ2v) is 2.16. The van der Waals surface area contributed by atoms with E-state index in [0.29, 0.717) is 13.0 Å². The van der Waals surface area contributed by atoms with E-state index in [2.05, 4.69) is 5.32 Å². The van der Waals surface area contributed by atoms with E-state index in [-0.39, 0.29) is 11.8 Å². The smallest absolute Gasteiger partial charge is 0.223 e. The van der Waals surface area contributed by atoms with Crippen LogP contribution >= 0.6 is 0 Å². The lowest BCUT2D eigenvalue weighted by atomic mass is 10.1. The number of nitriles is 1. The molecular formula is C7H12N2O. The number of hydrogen-bond donors (Lipinski definition) is 1. The molecule has 3 heteroatoms. The molecule has 0 radical (unpaired) electrons. The second-order valence-electron chi connectivity index (χ2n) is 2.16. The standard InChI is InChI=1S/C7H12N2O/c1-3-9-7(10)6(2)4-5-8/h6H,3-4H2,1-2H3,(H,9,10). The summed E-state index contributed by atoms with van der Waals surface area (Å²) in [5.41, 5.74) is 0. The lowest BCUT2D eigenvalue weighted by molar-refractivity contribution is -0.124. The Labute approximate surface area is 61.0 Å². The predicted molar refractivity (Wildman–Crippen MR) is 38.1 cm³/mol. The third-order valence-electron chi connectivity index (χ3n) is 1.20. The molecule has 1 atom stereocenters. The minimum atomic E-state index is -0.176. The Morgan fingerprint density at radius 1 is 1.80 bits per heavy atom. The van der Waals surface area contributed by atoms with Gasteiger partial charge in [0.05, 0.1) is 6.07 Å². The van der Waals surface area contributed by atoms with E-state index in [1.807, 2.05) is 13.0 Å². The molecule has 0 saturated carbocycles. The third-order valence-corrected chi connectivity index (χ3v) is 1.20. The van der Waals surface area contributed by atoms with Crippen LogP contribution in [0.2, 0.25) is 0 Å². The van der Waals surface area contributed by atoms with Crippen LogP contribution in [0.5, 0.6) is 0 Å². The molecule has 1 N–H and O–H groups in total. The lowest BCUT2D eigenvalue weighted by Crippen LogP contribution is -2.28. The molecule has 1 amide bonds. The molecule has 0 heterocycles. The van der Waals surface area contributed by atoms with Crippen LogP contribution in [0, 0.1) is 17.2 Å². The van der Waals surface area contributed by atoms with Crippen LogP contribution in [0.25, 0.3) is 0 Å². The highest BCUT2D eigenvalue weighted by Gasteiger charge is 2.09. The Morgan fingerprint density at radius 2 is 2.40 bits per heavy atom. The molecule has 0 fully saturated rings. The van der Waals surface area contributed by atoms with Crippen molar-refractivity contribution in [3.63, 3.8) is 0 Å². The van der Waals surface area contributed by atoms with Gasteiger partial charge in [0.2, 0.25) is 5.91 Å². The van der Waals surface area contributed by atoms with Gasteiger partial charge in [0.1, 0.15) is 0 Å². The topological polar surface area (TPSA) is 52.9 Å². The summed E-state index contributed by atoms with van der Waals surface area (Å²) >= 11 is 0. The predicted octanol–water partition coefficient (Wildman–Crippen LogP) is 0.672. The summed E-state index contributed by atoms with van der Waals surface area (Å²) in [6.07, 6.45) is 0.297. The Hall–Kier alpha value is -1.04.